The lowest BCUT2D eigenvalue weighted by Crippen LogP contribution is -2.50. The Hall–Kier alpha value is -1.25. The highest BCUT2D eigenvalue weighted by Crippen LogP contribution is 2.71. The van der Waals surface area contributed by atoms with E-state index in [9.17, 15) is 9.90 Å². The van der Waals surface area contributed by atoms with Gasteiger partial charge in [-0.05, 0) is 84.9 Å². The Labute approximate surface area is 208 Å². The van der Waals surface area contributed by atoms with E-state index in [1.165, 1.54) is 52.1 Å². The van der Waals surface area contributed by atoms with E-state index >= 15 is 0 Å². The van der Waals surface area contributed by atoms with Crippen molar-refractivity contribution >= 4 is 5.97 Å². The van der Waals surface area contributed by atoms with Crippen LogP contribution in [0.15, 0.2) is 22.5 Å². The number of carbonyl (C=O) groups is 1. The lowest BCUT2D eigenvalue weighted by Gasteiger charge is -2.59. The number of methoxy groups -OCH3 is 1. The number of esters is 1. The summed E-state index contributed by atoms with van der Waals surface area (Å²) in [5.74, 6) is 2.75. The van der Waals surface area contributed by atoms with Crippen LogP contribution < -0.4 is 0 Å². The zero-order valence-electron chi connectivity index (χ0n) is 23.2. The van der Waals surface area contributed by atoms with Gasteiger partial charge in [0.25, 0.3) is 0 Å². The van der Waals surface area contributed by atoms with E-state index in [0.29, 0.717) is 23.3 Å². The lowest BCUT2D eigenvalue weighted by molar-refractivity contribution is -0.137. The molecule has 0 aromatic carbocycles. The summed E-state index contributed by atoms with van der Waals surface area (Å²) >= 11 is 0. The second-order valence-corrected chi connectivity index (χ2v) is 13.5. The van der Waals surface area contributed by atoms with E-state index in [4.69, 9.17) is 4.74 Å². The molecule has 0 radical (unpaired) electrons. The molecule has 0 unspecified atom stereocenters. The van der Waals surface area contributed by atoms with Gasteiger partial charge < -0.3 is 9.84 Å². The Bertz CT molecular complexity index is 881. The monoisotopic (exact) mass is 470 g/mol. The Kier molecular flexibility index (Phi) is 6.84. The summed E-state index contributed by atoms with van der Waals surface area (Å²) < 4.78 is 5.09. The first-order chi connectivity index (χ1) is 15.9. The first-order valence-corrected chi connectivity index (χ1v) is 14.1. The fourth-order valence-corrected chi connectivity index (χ4v) is 9.41. The lowest BCUT2D eigenvalue weighted by atomic mass is 9.45. The van der Waals surface area contributed by atoms with Crippen molar-refractivity contribution in [3.8, 4) is 0 Å². The third-order valence-electron chi connectivity index (χ3n) is 11.6. The van der Waals surface area contributed by atoms with Crippen LogP contribution in [0.25, 0.3) is 0 Å². The molecule has 1 saturated carbocycles. The zero-order chi connectivity index (χ0) is 25.1. The van der Waals surface area contributed by atoms with E-state index in [1.54, 1.807) is 11.1 Å². The van der Waals surface area contributed by atoms with Crippen LogP contribution in [0.4, 0.5) is 0 Å². The van der Waals surface area contributed by atoms with E-state index in [-0.39, 0.29) is 28.5 Å². The average molecular weight is 471 g/mol. The summed E-state index contributed by atoms with van der Waals surface area (Å²) in [5, 5.41) is 10.9. The second-order valence-electron chi connectivity index (χ2n) is 13.5. The normalized spacial score (nSPS) is 40.7. The SMILES string of the molecule is COC(=O)C1=C(O)[C@@H](C)[C@@H]2CCC3=C(CC[C@]4(C)[C@H]([C@H](C)CCCC(C)C)CC[C@@]34C)[C@@]2(C)C1. The van der Waals surface area contributed by atoms with Gasteiger partial charge in [-0.15, -0.1) is 0 Å². The Morgan fingerprint density at radius 1 is 1.06 bits per heavy atom. The van der Waals surface area contributed by atoms with Crippen LogP contribution in [0.3, 0.4) is 0 Å². The van der Waals surface area contributed by atoms with Crippen molar-refractivity contribution in [1.29, 1.82) is 0 Å². The predicted octanol–water partition coefficient (Wildman–Crippen LogP) is 8.40. The van der Waals surface area contributed by atoms with E-state index in [0.717, 1.165) is 30.6 Å². The fraction of sp³-hybridized carbons (Fsp3) is 0.839. The average Bonchev–Trinajstić information content (AvgIpc) is 3.07. The molecule has 0 saturated heterocycles. The molecular weight excluding hydrogens is 420 g/mol. The Morgan fingerprint density at radius 3 is 2.41 bits per heavy atom. The van der Waals surface area contributed by atoms with Gasteiger partial charge in [0.1, 0.15) is 5.76 Å². The molecule has 3 nitrogen and oxygen atoms in total. The number of hydrogen-bond donors (Lipinski definition) is 1. The minimum absolute atomic E-state index is 0.0142. The third kappa shape index (κ3) is 3.70. The summed E-state index contributed by atoms with van der Waals surface area (Å²) in [4.78, 5) is 12.6. The number of rotatable bonds is 6. The number of fused-ring (bicyclic) bond motifs is 4. The molecular formula is C31H50O3. The zero-order valence-corrected chi connectivity index (χ0v) is 23.2. The highest BCUT2D eigenvalue weighted by atomic mass is 16.5. The van der Waals surface area contributed by atoms with Crippen molar-refractivity contribution in [1.82, 2.24) is 0 Å². The van der Waals surface area contributed by atoms with Gasteiger partial charge in [-0.25, -0.2) is 4.79 Å². The molecule has 0 aromatic rings. The van der Waals surface area contributed by atoms with Crippen molar-refractivity contribution in [3.63, 3.8) is 0 Å². The van der Waals surface area contributed by atoms with Gasteiger partial charge >= 0.3 is 5.97 Å². The van der Waals surface area contributed by atoms with Crippen LogP contribution in [0.2, 0.25) is 0 Å². The smallest absolute Gasteiger partial charge is 0.337 e. The summed E-state index contributed by atoms with van der Waals surface area (Å²) in [7, 11) is 1.43. The predicted molar refractivity (Wildman–Crippen MR) is 139 cm³/mol. The van der Waals surface area contributed by atoms with Gasteiger partial charge in [0, 0.05) is 5.92 Å². The van der Waals surface area contributed by atoms with Crippen molar-refractivity contribution in [2.45, 2.75) is 113 Å². The van der Waals surface area contributed by atoms with Crippen LogP contribution in [0, 0.1) is 45.8 Å². The standard InChI is InChI=1S/C31H50O3/c1-19(2)10-9-11-20(3)23-14-16-31(7)26-13-12-24-21(4)27(32)22(28(33)34-8)18-29(24,5)25(26)15-17-30(23,31)6/h19-21,23-24,32H,9-18H2,1-8H3/t20-,21+,23+,24+,29+,30-,31+/m1/s1. The van der Waals surface area contributed by atoms with Crippen LogP contribution in [-0.4, -0.2) is 18.2 Å². The van der Waals surface area contributed by atoms with E-state index in [1.807, 2.05) is 0 Å². The largest absolute Gasteiger partial charge is 0.511 e. The molecule has 192 valence electrons. The molecule has 4 aliphatic carbocycles. The van der Waals surface area contributed by atoms with Crippen LogP contribution >= 0.6 is 0 Å². The maximum Gasteiger partial charge on any atom is 0.337 e. The van der Waals surface area contributed by atoms with Gasteiger partial charge in [-0.1, -0.05) is 78.9 Å². The molecule has 0 spiro atoms. The quantitative estimate of drug-likeness (QED) is 0.313. The van der Waals surface area contributed by atoms with Gasteiger partial charge in [-0.3, -0.25) is 0 Å². The third-order valence-corrected chi connectivity index (χ3v) is 11.6. The van der Waals surface area contributed by atoms with Crippen LogP contribution in [0.5, 0.6) is 0 Å². The number of hydrogen-bond acceptors (Lipinski definition) is 3. The van der Waals surface area contributed by atoms with Gasteiger partial charge in [-0.2, -0.15) is 0 Å². The molecule has 34 heavy (non-hydrogen) atoms. The maximum atomic E-state index is 12.6. The number of aliphatic hydroxyl groups is 1. The van der Waals surface area contributed by atoms with E-state index in [2.05, 4.69) is 48.5 Å². The van der Waals surface area contributed by atoms with Gasteiger partial charge in [0.05, 0.1) is 12.7 Å². The summed E-state index contributed by atoms with van der Waals surface area (Å²) in [6, 6.07) is 0. The number of aliphatic hydroxyl groups excluding tert-OH is 1. The summed E-state index contributed by atoms with van der Waals surface area (Å²) in [6.45, 7) is 16.9. The molecule has 0 heterocycles. The van der Waals surface area contributed by atoms with Crippen molar-refractivity contribution in [3.05, 3.63) is 22.5 Å². The minimum Gasteiger partial charge on any atom is -0.511 e. The molecule has 4 rings (SSSR count). The molecule has 4 aliphatic rings. The maximum absolute atomic E-state index is 12.6. The Morgan fingerprint density at radius 2 is 1.76 bits per heavy atom. The molecule has 0 bridgehead atoms. The molecule has 3 heteroatoms. The fourth-order valence-electron chi connectivity index (χ4n) is 9.41. The topological polar surface area (TPSA) is 46.5 Å². The highest BCUT2D eigenvalue weighted by molar-refractivity contribution is 5.89. The number of allylic oxidation sites excluding steroid dienone is 3. The molecule has 7 atom stereocenters. The minimum atomic E-state index is -0.347. The van der Waals surface area contributed by atoms with Gasteiger partial charge in [0.15, 0.2) is 0 Å². The molecule has 0 aromatic heterocycles. The number of carbonyl (C=O) groups excluding carboxylic acids is 1. The van der Waals surface area contributed by atoms with Crippen LogP contribution in [0.1, 0.15) is 113 Å². The first-order valence-electron chi connectivity index (χ1n) is 14.1. The van der Waals surface area contributed by atoms with Crippen molar-refractivity contribution in [2.24, 2.45) is 45.8 Å². The van der Waals surface area contributed by atoms with Crippen LogP contribution in [-0.2, 0) is 9.53 Å². The summed E-state index contributed by atoms with van der Waals surface area (Å²) in [6.07, 6.45) is 12.1. The summed E-state index contributed by atoms with van der Waals surface area (Å²) in [5.41, 5.74) is 4.48. The molecule has 1 fully saturated rings. The van der Waals surface area contributed by atoms with E-state index < -0.39 is 0 Å². The number of ether oxygens (including phenoxy) is 1. The first kappa shape index (κ1) is 25.8. The Balaban J connectivity index is 1.66. The van der Waals surface area contributed by atoms with Crippen molar-refractivity contribution < 1.29 is 14.6 Å². The highest BCUT2D eigenvalue weighted by Gasteiger charge is 2.62. The molecule has 1 N–H and O–H groups in total. The molecule has 0 aliphatic heterocycles. The van der Waals surface area contributed by atoms with Gasteiger partial charge in [0.2, 0.25) is 0 Å². The second kappa shape index (κ2) is 9.00. The van der Waals surface area contributed by atoms with Crippen molar-refractivity contribution in [2.75, 3.05) is 7.11 Å². The molecule has 0 amide bonds.